The van der Waals surface area contributed by atoms with Gasteiger partial charge in [-0.3, -0.25) is 9.48 Å². The first-order valence-corrected chi connectivity index (χ1v) is 8.65. The number of rotatable bonds is 6. The SMILES string of the molecule is Cl.O=C(CCc1cc2n(n1)CCNC2)NCc1nnnn1-c1ccccc1. The predicted octanol–water partition coefficient (Wildman–Crippen LogP) is 0.633. The molecule has 0 bridgehead atoms. The van der Waals surface area contributed by atoms with E-state index >= 15 is 0 Å². The maximum Gasteiger partial charge on any atom is 0.220 e. The summed E-state index contributed by atoms with van der Waals surface area (Å²) in [6, 6.07) is 11.7. The van der Waals surface area contributed by atoms with Crippen molar-refractivity contribution in [2.45, 2.75) is 32.5 Å². The van der Waals surface area contributed by atoms with E-state index in [2.05, 4.69) is 37.3 Å². The van der Waals surface area contributed by atoms with Gasteiger partial charge in [0.15, 0.2) is 5.82 Å². The van der Waals surface area contributed by atoms with Gasteiger partial charge in [0.1, 0.15) is 0 Å². The summed E-state index contributed by atoms with van der Waals surface area (Å²) in [5, 5.41) is 22.4. The summed E-state index contributed by atoms with van der Waals surface area (Å²) in [7, 11) is 0. The number of benzene rings is 1. The Kier molecular flexibility index (Phi) is 6.15. The van der Waals surface area contributed by atoms with Crippen LogP contribution in [0.4, 0.5) is 0 Å². The molecule has 2 aromatic heterocycles. The van der Waals surface area contributed by atoms with Crippen LogP contribution in [0, 0.1) is 0 Å². The molecule has 0 radical (unpaired) electrons. The highest BCUT2D eigenvalue weighted by Gasteiger charge is 2.13. The molecular formula is C17H21ClN8O. The number of fused-ring (bicyclic) bond motifs is 1. The van der Waals surface area contributed by atoms with E-state index in [9.17, 15) is 4.79 Å². The lowest BCUT2D eigenvalue weighted by Gasteiger charge is -2.13. The van der Waals surface area contributed by atoms with Crippen molar-refractivity contribution in [2.24, 2.45) is 0 Å². The lowest BCUT2D eigenvalue weighted by molar-refractivity contribution is -0.121. The van der Waals surface area contributed by atoms with Gasteiger partial charge in [-0.25, -0.2) is 0 Å². The van der Waals surface area contributed by atoms with Crippen molar-refractivity contribution in [3.8, 4) is 5.69 Å². The Labute approximate surface area is 162 Å². The molecule has 1 amide bonds. The topological polar surface area (TPSA) is 103 Å². The second kappa shape index (κ2) is 8.74. The van der Waals surface area contributed by atoms with Crippen LogP contribution in [0.2, 0.25) is 0 Å². The molecule has 10 heteroatoms. The van der Waals surface area contributed by atoms with Crippen LogP contribution in [0.15, 0.2) is 36.4 Å². The lowest BCUT2D eigenvalue weighted by atomic mass is 10.2. The minimum atomic E-state index is -0.0447. The fourth-order valence-electron chi connectivity index (χ4n) is 2.97. The van der Waals surface area contributed by atoms with Gasteiger partial charge in [0.05, 0.1) is 30.2 Å². The van der Waals surface area contributed by atoms with Crippen LogP contribution in [0.25, 0.3) is 5.69 Å². The predicted molar refractivity (Wildman–Crippen MR) is 101 cm³/mol. The number of aryl methyl sites for hydroxylation is 1. The summed E-state index contributed by atoms with van der Waals surface area (Å²) in [4.78, 5) is 12.2. The molecule has 0 spiro atoms. The highest BCUT2D eigenvalue weighted by molar-refractivity contribution is 5.85. The molecule has 27 heavy (non-hydrogen) atoms. The fraction of sp³-hybridized carbons (Fsp3) is 0.353. The van der Waals surface area contributed by atoms with Crippen LogP contribution in [0.1, 0.15) is 23.6 Å². The van der Waals surface area contributed by atoms with E-state index in [1.54, 1.807) is 4.68 Å². The van der Waals surface area contributed by atoms with Gasteiger partial charge in [-0.05, 0) is 28.6 Å². The van der Waals surface area contributed by atoms with Crippen molar-refractivity contribution >= 4 is 18.3 Å². The van der Waals surface area contributed by atoms with Crippen molar-refractivity contribution in [3.05, 3.63) is 53.6 Å². The molecular weight excluding hydrogens is 368 g/mol. The number of hydrogen-bond donors (Lipinski definition) is 2. The van der Waals surface area contributed by atoms with Gasteiger partial charge in [-0.2, -0.15) is 9.78 Å². The maximum absolute atomic E-state index is 12.2. The molecule has 0 unspecified atom stereocenters. The number of hydrogen-bond acceptors (Lipinski definition) is 6. The van der Waals surface area contributed by atoms with Gasteiger partial charge >= 0.3 is 0 Å². The van der Waals surface area contributed by atoms with Gasteiger partial charge in [0.25, 0.3) is 0 Å². The third-order valence-electron chi connectivity index (χ3n) is 4.31. The number of nitrogens with zero attached hydrogens (tertiary/aromatic N) is 6. The summed E-state index contributed by atoms with van der Waals surface area (Å²) in [6.07, 6.45) is 1.01. The zero-order chi connectivity index (χ0) is 17.8. The third kappa shape index (κ3) is 4.50. The fourth-order valence-corrected chi connectivity index (χ4v) is 2.97. The zero-order valence-electron chi connectivity index (χ0n) is 14.7. The van der Waals surface area contributed by atoms with Crippen LogP contribution < -0.4 is 10.6 Å². The smallest absolute Gasteiger partial charge is 0.220 e. The standard InChI is InChI=1S/C17H20N8O.ClH/c26-17(7-6-13-10-15-11-18-8-9-24(15)21-13)19-12-16-20-22-23-25(16)14-4-2-1-3-5-14;/h1-5,10,18H,6-9,11-12H2,(H,19,26);1H. The van der Waals surface area contributed by atoms with Crippen LogP contribution in [0.3, 0.4) is 0 Å². The van der Waals surface area contributed by atoms with Crippen molar-refractivity contribution in [1.82, 2.24) is 40.6 Å². The molecule has 2 N–H and O–H groups in total. The number of amides is 1. The minimum Gasteiger partial charge on any atom is -0.349 e. The highest BCUT2D eigenvalue weighted by atomic mass is 35.5. The zero-order valence-corrected chi connectivity index (χ0v) is 15.5. The number of para-hydroxylation sites is 1. The Balaban J connectivity index is 0.00000210. The van der Waals surface area contributed by atoms with Crippen LogP contribution in [0.5, 0.6) is 0 Å². The summed E-state index contributed by atoms with van der Waals surface area (Å²) in [5.74, 6) is 0.546. The second-order valence-corrected chi connectivity index (χ2v) is 6.15. The van der Waals surface area contributed by atoms with E-state index in [1.807, 2.05) is 35.0 Å². The molecule has 0 atom stereocenters. The number of nitrogens with one attached hydrogen (secondary N) is 2. The van der Waals surface area contributed by atoms with Crippen molar-refractivity contribution in [1.29, 1.82) is 0 Å². The molecule has 3 aromatic rings. The van der Waals surface area contributed by atoms with E-state index in [4.69, 9.17) is 0 Å². The monoisotopic (exact) mass is 388 g/mol. The first kappa shape index (κ1) is 19.0. The summed E-state index contributed by atoms with van der Waals surface area (Å²) >= 11 is 0. The van der Waals surface area contributed by atoms with E-state index in [1.165, 1.54) is 5.69 Å². The van der Waals surface area contributed by atoms with Crippen LogP contribution in [-0.4, -0.2) is 42.4 Å². The van der Waals surface area contributed by atoms with Gasteiger partial charge in [-0.1, -0.05) is 18.2 Å². The number of carbonyl (C=O) groups is 1. The average Bonchev–Trinajstić information content (AvgIpc) is 3.31. The summed E-state index contributed by atoms with van der Waals surface area (Å²) in [5.41, 5.74) is 2.99. The summed E-state index contributed by atoms with van der Waals surface area (Å²) in [6.45, 7) is 2.93. The quantitative estimate of drug-likeness (QED) is 0.642. The molecule has 3 heterocycles. The molecule has 0 fully saturated rings. The Morgan fingerprint density at radius 2 is 2.11 bits per heavy atom. The third-order valence-corrected chi connectivity index (χ3v) is 4.31. The molecule has 1 aliphatic rings. The first-order chi connectivity index (χ1) is 12.8. The molecule has 142 valence electrons. The number of aromatic nitrogens is 6. The Bertz CT molecular complexity index is 868. The lowest BCUT2D eigenvalue weighted by Crippen LogP contribution is -2.28. The van der Waals surface area contributed by atoms with E-state index in [0.29, 0.717) is 18.7 Å². The van der Waals surface area contributed by atoms with Gasteiger partial charge in [-0.15, -0.1) is 17.5 Å². The Morgan fingerprint density at radius 3 is 2.93 bits per heavy atom. The molecule has 9 nitrogen and oxygen atoms in total. The summed E-state index contributed by atoms with van der Waals surface area (Å²) < 4.78 is 3.63. The molecule has 0 saturated heterocycles. The van der Waals surface area contributed by atoms with E-state index in [-0.39, 0.29) is 24.9 Å². The first-order valence-electron chi connectivity index (χ1n) is 8.65. The maximum atomic E-state index is 12.2. The molecule has 0 aliphatic carbocycles. The number of halogens is 1. The van der Waals surface area contributed by atoms with Crippen molar-refractivity contribution in [3.63, 3.8) is 0 Å². The molecule has 1 aromatic carbocycles. The molecule has 1 aliphatic heterocycles. The molecule has 0 saturated carbocycles. The van der Waals surface area contributed by atoms with Gasteiger partial charge < -0.3 is 10.6 Å². The van der Waals surface area contributed by atoms with Crippen LogP contribution >= 0.6 is 12.4 Å². The second-order valence-electron chi connectivity index (χ2n) is 6.15. The average molecular weight is 389 g/mol. The Morgan fingerprint density at radius 1 is 1.26 bits per heavy atom. The number of tetrazole rings is 1. The van der Waals surface area contributed by atoms with Crippen molar-refractivity contribution < 1.29 is 4.79 Å². The largest absolute Gasteiger partial charge is 0.349 e. The molecule has 4 rings (SSSR count). The minimum absolute atomic E-state index is 0. The normalized spacial score (nSPS) is 12.9. The number of carbonyl (C=O) groups excluding carboxylic acids is 1. The van der Waals surface area contributed by atoms with Gasteiger partial charge in [0.2, 0.25) is 5.91 Å². The van der Waals surface area contributed by atoms with Crippen molar-refractivity contribution in [2.75, 3.05) is 6.54 Å². The van der Waals surface area contributed by atoms with E-state index in [0.717, 1.165) is 31.0 Å². The van der Waals surface area contributed by atoms with Gasteiger partial charge in [0, 0.05) is 25.9 Å². The highest BCUT2D eigenvalue weighted by Crippen LogP contribution is 2.10. The van der Waals surface area contributed by atoms with E-state index < -0.39 is 0 Å². The Hall–Kier alpha value is -2.78. The van der Waals surface area contributed by atoms with Crippen LogP contribution in [-0.2, 0) is 30.8 Å².